The number of rotatable bonds is 7. The van der Waals surface area contributed by atoms with Gasteiger partial charge in [-0.25, -0.2) is 0 Å². The summed E-state index contributed by atoms with van der Waals surface area (Å²) in [6.45, 7) is 2.88. The number of aliphatic hydroxyl groups excluding tert-OH is 2. The number of carbonyl (C=O) groups is 1. The summed E-state index contributed by atoms with van der Waals surface area (Å²) >= 11 is 0. The number of fused-ring (bicyclic) bond motifs is 1. The average molecular weight is 432 g/mol. The number of pyridine rings is 1. The number of amides is 1. The molecule has 0 unspecified atom stereocenters. The van der Waals surface area contributed by atoms with Gasteiger partial charge in [0.2, 0.25) is 5.91 Å². The van der Waals surface area contributed by atoms with Crippen LogP contribution in [0.3, 0.4) is 0 Å². The van der Waals surface area contributed by atoms with E-state index in [2.05, 4.69) is 21.6 Å². The fourth-order valence-corrected chi connectivity index (χ4v) is 3.27. The molecule has 3 N–H and O–H groups in total. The molecule has 3 aromatic rings. The van der Waals surface area contributed by atoms with Crippen LogP contribution in [-0.4, -0.2) is 34.1 Å². The average Bonchev–Trinajstić information content (AvgIpc) is 2.75. The van der Waals surface area contributed by atoms with E-state index in [4.69, 9.17) is 0 Å². The molecule has 31 heavy (non-hydrogen) atoms. The number of benzene rings is 2. The van der Waals surface area contributed by atoms with Crippen molar-refractivity contribution in [2.24, 2.45) is 0 Å². The van der Waals surface area contributed by atoms with Crippen LogP contribution in [0, 0.1) is 0 Å². The van der Waals surface area contributed by atoms with E-state index in [0.29, 0.717) is 33.2 Å². The zero-order valence-corrected chi connectivity index (χ0v) is 16.2. The number of nitrogens with zero attached hydrogens (tertiary/aromatic N) is 1. The molecule has 3 rings (SSSR count). The summed E-state index contributed by atoms with van der Waals surface area (Å²) in [6, 6.07) is 10.3. The van der Waals surface area contributed by atoms with Gasteiger partial charge >= 0.3 is 6.36 Å². The molecule has 1 atom stereocenters. The Labute approximate surface area is 175 Å². The topological polar surface area (TPSA) is 91.7 Å². The van der Waals surface area contributed by atoms with Crippen molar-refractivity contribution in [3.05, 3.63) is 72.4 Å². The lowest BCUT2D eigenvalue weighted by molar-refractivity contribution is -0.274. The highest BCUT2D eigenvalue weighted by molar-refractivity contribution is 5.97. The molecule has 9 heteroatoms. The quantitative estimate of drug-likeness (QED) is 0.496. The molecule has 2 aromatic carbocycles. The second-order valence-corrected chi connectivity index (χ2v) is 6.59. The summed E-state index contributed by atoms with van der Waals surface area (Å²) in [7, 11) is 0. The summed E-state index contributed by atoms with van der Waals surface area (Å²) in [5, 5.41) is 23.1. The largest absolute Gasteiger partial charge is 0.573 e. The van der Waals surface area contributed by atoms with Gasteiger partial charge in [-0.15, -0.1) is 13.2 Å². The molecule has 1 heterocycles. The number of aliphatic hydroxyl groups is 2. The SMILES string of the molecule is C=CC(=O)NCc1cc(-c2ccc(OC(F)(F)F)cc2)c2ncccc2c1[C@H](O)CO. The summed E-state index contributed by atoms with van der Waals surface area (Å²) in [6.07, 6.45) is -3.38. The summed E-state index contributed by atoms with van der Waals surface area (Å²) < 4.78 is 41.2. The smallest absolute Gasteiger partial charge is 0.406 e. The Morgan fingerprint density at radius 2 is 1.97 bits per heavy atom. The minimum absolute atomic E-state index is 0.0321. The second-order valence-electron chi connectivity index (χ2n) is 6.59. The van der Waals surface area contributed by atoms with Crippen molar-refractivity contribution in [2.75, 3.05) is 6.61 Å². The molecule has 1 aromatic heterocycles. The molecule has 0 saturated heterocycles. The third-order valence-corrected chi connectivity index (χ3v) is 4.56. The summed E-state index contributed by atoms with van der Waals surface area (Å²) in [5.41, 5.74) is 2.53. The van der Waals surface area contributed by atoms with Gasteiger partial charge in [-0.05, 0) is 47.0 Å². The van der Waals surface area contributed by atoms with Gasteiger partial charge in [0.1, 0.15) is 11.9 Å². The number of ether oxygens (including phenoxy) is 1. The minimum atomic E-state index is -4.80. The first-order chi connectivity index (χ1) is 14.7. The number of halogens is 3. The fourth-order valence-electron chi connectivity index (χ4n) is 3.27. The zero-order valence-electron chi connectivity index (χ0n) is 16.2. The lowest BCUT2D eigenvalue weighted by Crippen LogP contribution is -2.22. The van der Waals surface area contributed by atoms with E-state index in [1.165, 1.54) is 24.3 Å². The molecule has 0 aliphatic carbocycles. The second kappa shape index (κ2) is 9.15. The maximum absolute atomic E-state index is 12.4. The lowest BCUT2D eigenvalue weighted by Gasteiger charge is -2.19. The Balaban J connectivity index is 2.15. The molecule has 0 saturated carbocycles. The molecular weight excluding hydrogens is 413 g/mol. The van der Waals surface area contributed by atoms with Crippen molar-refractivity contribution in [1.82, 2.24) is 10.3 Å². The third kappa shape index (κ3) is 5.19. The summed E-state index contributed by atoms with van der Waals surface area (Å²) in [4.78, 5) is 16.0. The van der Waals surface area contributed by atoms with Crippen LogP contribution in [0.5, 0.6) is 5.75 Å². The fraction of sp³-hybridized carbons (Fsp3) is 0.182. The first kappa shape index (κ1) is 22.3. The van der Waals surface area contributed by atoms with E-state index in [0.717, 1.165) is 6.08 Å². The number of hydrogen-bond donors (Lipinski definition) is 3. The van der Waals surface area contributed by atoms with E-state index in [1.54, 1.807) is 24.4 Å². The highest BCUT2D eigenvalue weighted by atomic mass is 19.4. The van der Waals surface area contributed by atoms with Gasteiger partial charge in [0, 0.05) is 23.7 Å². The molecule has 0 aliphatic rings. The van der Waals surface area contributed by atoms with Crippen LogP contribution in [-0.2, 0) is 11.3 Å². The van der Waals surface area contributed by atoms with Crippen LogP contribution in [0.25, 0.3) is 22.0 Å². The Kier molecular flexibility index (Phi) is 6.57. The number of alkyl halides is 3. The van der Waals surface area contributed by atoms with Crippen LogP contribution < -0.4 is 10.1 Å². The van der Waals surface area contributed by atoms with Gasteiger partial charge in [0.15, 0.2) is 0 Å². The highest BCUT2D eigenvalue weighted by Gasteiger charge is 2.31. The maximum Gasteiger partial charge on any atom is 0.573 e. The number of aromatic nitrogens is 1. The van der Waals surface area contributed by atoms with Crippen molar-refractivity contribution in [3.8, 4) is 16.9 Å². The molecule has 0 aliphatic heterocycles. The normalized spacial score (nSPS) is 12.4. The lowest BCUT2D eigenvalue weighted by atomic mass is 9.91. The Morgan fingerprint density at radius 3 is 2.58 bits per heavy atom. The van der Waals surface area contributed by atoms with Gasteiger partial charge in [-0.1, -0.05) is 24.8 Å². The van der Waals surface area contributed by atoms with Gasteiger partial charge in [0.05, 0.1) is 12.1 Å². The molecule has 6 nitrogen and oxygen atoms in total. The standard InChI is InChI=1S/C22H19F3N2O4/c1-2-19(30)27-11-14-10-17(13-5-7-15(8-6-13)31-22(23,24)25)21-16(4-3-9-26-21)20(14)18(29)12-28/h2-10,18,28-29H,1,11-12H2,(H,27,30)/t18-/m1/s1. The molecular formula is C22H19F3N2O4. The predicted octanol–water partition coefficient (Wildman–Crippen LogP) is 3.63. The van der Waals surface area contributed by atoms with Crippen molar-refractivity contribution in [3.63, 3.8) is 0 Å². The van der Waals surface area contributed by atoms with E-state index in [9.17, 15) is 28.2 Å². The number of hydrogen-bond acceptors (Lipinski definition) is 5. The van der Waals surface area contributed by atoms with Crippen LogP contribution in [0.2, 0.25) is 0 Å². The predicted molar refractivity (Wildman–Crippen MR) is 108 cm³/mol. The van der Waals surface area contributed by atoms with Gasteiger partial charge in [-0.2, -0.15) is 0 Å². The van der Waals surface area contributed by atoms with Crippen molar-refractivity contribution in [2.45, 2.75) is 19.0 Å². The summed E-state index contributed by atoms with van der Waals surface area (Å²) in [5.74, 6) is -0.787. The van der Waals surface area contributed by atoms with Crippen LogP contribution in [0.1, 0.15) is 17.2 Å². The van der Waals surface area contributed by atoms with Crippen LogP contribution >= 0.6 is 0 Å². The molecule has 0 bridgehead atoms. The maximum atomic E-state index is 12.4. The monoisotopic (exact) mass is 432 g/mol. The van der Waals surface area contributed by atoms with E-state index in [1.807, 2.05) is 0 Å². The van der Waals surface area contributed by atoms with Gasteiger partial charge in [-0.3, -0.25) is 9.78 Å². The Morgan fingerprint density at radius 1 is 1.26 bits per heavy atom. The van der Waals surface area contributed by atoms with Crippen molar-refractivity contribution < 1.29 is 32.9 Å². The number of carbonyl (C=O) groups excluding carboxylic acids is 1. The first-order valence-electron chi connectivity index (χ1n) is 9.19. The molecule has 0 fully saturated rings. The van der Waals surface area contributed by atoms with Crippen LogP contribution in [0.4, 0.5) is 13.2 Å². The number of nitrogens with one attached hydrogen (secondary N) is 1. The highest BCUT2D eigenvalue weighted by Crippen LogP contribution is 2.36. The van der Waals surface area contributed by atoms with Gasteiger partial charge in [0.25, 0.3) is 0 Å². The molecule has 1 amide bonds. The molecule has 0 radical (unpaired) electrons. The minimum Gasteiger partial charge on any atom is -0.406 e. The third-order valence-electron chi connectivity index (χ3n) is 4.56. The Bertz CT molecular complexity index is 1100. The van der Waals surface area contributed by atoms with E-state index < -0.39 is 25.0 Å². The molecule has 162 valence electrons. The zero-order chi connectivity index (χ0) is 22.6. The van der Waals surface area contributed by atoms with E-state index >= 15 is 0 Å². The van der Waals surface area contributed by atoms with Gasteiger partial charge < -0.3 is 20.3 Å². The van der Waals surface area contributed by atoms with Crippen molar-refractivity contribution >= 4 is 16.8 Å². The Hall–Kier alpha value is -3.43. The van der Waals surface area contributed by atoms with Crippen molar-refractivity contribution in [1.29, 1.82) is 0 Å². The molecule has 0 spiro atoms. The first-order valence-corrected chi connectivity index (χ1v) is 9.19. The van der Waals surface area contributed by atoms with E-state index in [-0.39, 0.29) is 12.3 Å². The van der Waals surface area contributed by atoms with Crippen LogP contribution in [0.15, 0.2) is 61.3 Å².